The molecule has 1 aromatic carbocycles. The molecular formula is C18H22F3N3O3. The average Bonchev–Trinajstić information content (AvgIpc) is 3.15. The summed E-state index contributed by atoms with van der Waals surface area (Å²) in [5.74, 6) is -0.427. The van der Waals surface area contributed by atoms with Crippen molar-refractivity contribution in [2.24, 2.45) is 5.73 Å². The van der Waals surface area contributed by atoms with Crippen molar-refractivity contribution >= 4 is 11.8 Å². The Labute approximate surface area is 155 Å². The Morgan fingerprint density at radius 1 is 1.04 bits per heavy atom. The van der Waals surface area contributed by atoms with Crippen LogP contribution in [0.2, 0.25) is 0 Å². The van der Waals surface area contributed by atoms with Gasteiger partial charge in [-0.15, -0.1) is 0 Å². The van der Waals surface area contributed by atoms with E-state index in [1.165, 1.54) is 12.1 Å². The minimum atomic E-state index is -4.43. The van der Waals surface area contributed by atoms with E-state index in [2.05, 4.69) is 0 Å². The van der Waals surface area contributed by atoms with Gasteiger partial charge in [-0.05, 0) is 37.1 Å². The molecular weight excluding hydrogens is 363 g/mol. The highest BCUT2D eigenvalue weighted by Crippen LogP contribution is 2.29. The van der Waals surface area contributed by atoms with Crippen LogP contribution in [0.1, 0.15) is 28.8 Å². The highest BCUT2D eigenvalue weighted by molar-refractivity contribution is 5.94. The van der Waals surface area contributed by atoms with Gasteiger partial charge in [-0.3, -0.25) is 9.59 Å². The Bertz CT molecular complexity index is 685. The first-order valence-electron chi connectivity index (χ1n) is 8.90. The van der Waals surface area contributed by atoms with Gasteiger partial charge in [-0.2, -0.15) is 13.2 Å². The molecule has 2 aliphatic heterocycles. The third-order valence-electron chi connectivity index (χ3n) is 4.98. The highest BCUT2D eigenvalue weighted by atomic mass is 19.4. The topological polar surface area (TPSA) is 75.9 Å². The summed E-state index contributed by atoms with van der Waals surface area (Å²) < 4.78 is 43.5. The first-order chi connectivity index (χ1) is 12.8. The summed E-state index contributed by atoms with van der Waals surface area (Å²) in [5.41, 5.74) is 4.97. The molecule has 6 nitrogen and oxygen atoms in total. The molecule has 2 atom stereocenters. The van der Waals surface area contributed by atoms with E-state index < -0.39 is 17.8 Å². The molecule has 9 heteroatoms. The van der Waals surface area contributed by atoms with Crippen molar-refractivity contribution in [3.05, 3.63) is 35.4 Å². The van der Waals surface area contributed by atoms with Crippen molar-refractivity contribution < 1.29 is 27.5 Å². The van der Waals surface area contributed by atoms with E-state index in [0.29, 0.717) is 39.1 Å². The second-order valence-corrected chi connectivity index (χ2v) is 6.75. The van der Waals surface area contributed by atoms with Gasteiger partial charge in [0.1, 0.15) is 6.10 Å². The lowest BCUT2D eigenvalue weighted by atomic mass is 10.1. The molecule has 2 fully saturated rings. The second-order valence-electron chi connectivity index (χ2n) is 6.75. The summed E-state index contributed by atoms with van der Waals surface area (Å²) >= 11 is 0. The maximum absolute atomic E-state index is 12.6. The van der Waals surface area contributed by atoms with Gasteiger partial charge in [0.25, 0.3) is 11.8 Å². The molecule has 0 aromatic heterocycles. The largest absolute Gasteiger partial charge is 0.416 e. The van der Waals surface area contributed by atoms with Gasteiger partial charge >= 0.3 is 6.18 Å². The number of amides is 2. The zero-order chi connectivity index (χ0) is 19.6. The van der Waals surface area contributed by atoms with Gasteiger partial charge in [-0.25, -0.2) is 0 Å². The van der Waals surface area contributed by atoms with Crippen molar-refractivity contribution in [3.8, 4) is 0 Å². The summed E-state index contributed by atoms with van der Waals surface area (Å²) in [6, 6.07) is 4.17. The van der Waals surface area contributed by atoms with Gasteiger partial charge in [0.15, 0.2) is 0 Å². The van der Waals surface area contributed by atoms with Crippen LogP contribution in [0.3, 0.4) is 0 Å². The summed E-state index contributed by atoms with van der Waals surface area (Å²) in [5, 5.41) is 0. The summed E-state index contributed by atoms with van der Waals surface area (Å²) in [4.78, 5) is 28.2. The van der Waals surface area contributed by atoms with Crippen LogP contribution in [0.25, 0.3) is 0 Å². The fourth-order valence-corrected chi connectivity index (χ4v) is 3.38. The Kier molecular flexibility index (Phi) is 5.71. The first kappa shape index (κ1) is 19.6. The molecule has 0 aliphatic carbocycles. The Morgan fingerprint density at radius 3 is 2.15 bits per heavy atom. The Hall–Kier alpha value is -2.13. The quantitative estimate of drug-likeness (QED) is 0.856. The number of rotatable bonds is 3. The van der Waals surface area contributed by atoms with Crippen molar-refractivity contribution in [2.75, 3.05) is 32.7 Å². The number of carbonyl (C=O) groups is 2. The maximum atomic E-state index is 12.6. The van der Waals surface area contributed by atoms with Gasteiger partial charge in [0.05, 0.1) is 11.7 Å². The Balaban J connectivity index is 1.54. The molecule has 148 valence electrons. The number of benzene rings is 1. The normalized spacial score (nSPS) is 23.6. The van der Waals surface area contributed by atoms with Crippen molar-refractivity contribution in [3.63, 3.8) is 0 Å². The third-order valence-corrected chi connectivity index (χ3v) is 4.98. The van der Waals surface area contributed by atoms with Crippen LogP contribution in [-0.4, -0.2) is 66.5 Å². The predicted octanol–water partition coefficient (Wildman–Crippen LogP) is 1.50. The van der Waals surface area contributed by atoms with Gasteiger partial charge in [-0.1, -0.05) is 0 Å². The molecule has 0 saturated carbocycles. The lowest BCUT2D eigenvalue weighted by Gasteiger charge is -2.36. The molecule has 0 radical (unpaired) electrons. The number of ether oxygens (including phenoxy) is 1. The van der Waals surface area contributed by atoms with E-state index in [1.807, 2.05) is 0 Å². The molecule has 2 aliphatic rings. The molecule has 2 N–H and O–H groups in total. The molecule has 0 unspecified atom stereocenters. The molecule has 27 heavy (non-hydrogen) atoms. The summed E-state index contributed by atoms with van der Waals surface area (Å²) in [6.45, 7) is 1.80. The zero-order valence-electron chi connectivity index (χ0n) is 14.7. The highest BCUT2D eigenvalue weighted by Gasteiger charge is 2.35. The van der Waals surface area contributed by atoms with Crippen LogP contribution in [0.15, 0.2) is 24.3 Å². The maximum Gasteiger partial charge on any atom is 0.416 e. The minimum absolute atomic E-state index is 0.0820. The standard InChI is InChI=1S/C18H22F3N3O3/c19-18(20,21)13-3-1-12(2-4-13)16(25)23-7-9-24(10-8-23)17(26)15-6-5-14(11-22)27-15/h1-4,14-15H,5-11,22H2/t14-,15+/m1/s1. The van der Waals surface area contributed by atoms with Crippen LogP contribution >= 0.6 is 0 Å². The van der Waals surface area contributed by atoms with Crippen LogP contribution in [0.4, 0.5) is 13.2 Å². The number of hydrogen-bond acceptors (Lipinski definition) is 4. The number of piperazine rings is 1. The number of nitrogens with zero attached hydrogens (tertiary/aromatic N) is 2. The summed E-state index contributed by atoms with van der Waals surface area (Å²) in [7, 11) is 0. The van der Waals surface area contributed by atoms with Crippen LogP contribution in [0, 0.1) is 0 Å². The number of nitrogens with two attached hydrogens (primary N) is 1. The van der Waals surface area contributed by atoms with Crippen molar-refractivity contribution in [1.82, 2.24) is 9.80 Å². The fourth-order valence-electron chi connectivity index (χ4n) is 3.38. The first-order valence-corrected chi connectivity index (χ1v) is 8.90. The zero-order valence-corrected chi connectivity index (χ0v) is 14.7. The number of halogens is 3. The van der Waals surface area contributed by atoms with E-state index in [4.69, 9.17) is 10.5 Å². The summed E-state index contributed by atoms with van der Waals surface area (Å²) in [6.07, 6.45) is -3.58. The number of carbonyl (C=O) groups excluding carboxylic acids is 2. The van der Waals surface area contributed by atoms with Crippen molar-refractivity contribution in [2.45, 2.75) is 31.2 Å². The Morgan fingerprint density at radius 2 is 1.63 bits per heavy atom. The lowest BCUT2D eigenvalue weighted by molar-refractivity contribution is -0.144. The predicted molar refractivity (Wildman–Crippen MR) is 90.9 cm³/mol. The second kappa shape index (κ2) is 7.85. The van der Waals surface area contributed by atoms with Crippen LogP contribution in [0.5, 0.6) is 0 Å². The van der Waals surface area contributed by atoms with E-state index in [-0.39, 0.29) is 23.5 Å². The van der Waals surface area contributed by atoms with E-state index in [1.54, 1.807) is 9.80 Å². The molecule has 2 heterocycles. The SMILES string of the molecule is NC[C@H]1CC[C@@H](C(=O)N2CCN(C(=O)c3ccc(C(F)(F)F)cc3)CC2)O1. The van der Waals surface area contributed by atoms with Crippen molar-refractivity contribution in [1.29, 1.82) is 0 Å². The molecule has 0 spiro atoms. The third kappa shape index (κ3) is 4.41. The number of hydrogen-bond donors (Lipinski definition) is 1. The van der Waals surface area contributed by atoms with Crippen LogP contribution < -0.4 is 5.73 Å². The minimum Gasteiger partial charge on any atom is -0.364 e. The number of alkyl halides is 3. The van der Waals surface area contributed by atoms with E-state index >= 15 is 0 Å². The van der Waals surface area contributed by atoms with Gasteiger partial charge in [0.2, 0.25) is 0 Å². The average molecular weight is 385 g/mol. The molecule has 2 amide bonds. The fraction of sp³-hybridized carbons (Fsp3) is 0.556. The van der Waals surface area contributed by atoms with Gasteiger partial charge < -0.3 is 20.3 Å². The van der Waals surface area contributed by atoms with E-state index in [0.717, 1.165) is 18.6 Å². The van der Waals surface area contributed by atoms with E-state index in [9.17, 15) is 22.8 Å². The van der Waals surface area contributed by atoms with Crippen LogP contribution in [-0.2, 0) is 15.7 Å². The molecule has 1 aromatic rings. The molecule has 0 bridgehead atoms. The van der Waals surface area contributed by atoms with Gasteiger partial charge in [0, 0.05) is 38.3 Å². The smallest absolute Gasteiger partial charge is 0.364 e. The molecule has 3 rings (SSSR count). The lowest BCUT2D eigenvalue weighted by Crippen LogP contribution is -2.53. The molecule has 2 saturated heterocycles. The monoisotopic (exact) mass is 385 g/mol.